The predicted molar refractivity (Wildman–Crippen MR) is 71.1 cm³/mol. The molecule has 2 aromatic rings. The smallest absolute Gasteiger partial charge is 0.131 e. The summed E-state index contributed by atoms with van der Waals surface area (Å²) in [5.74, 6) is 0.202. The van der Waals surface area contributed by atoms with Gasteiger partial charge in [-0.2, -0.15) is 0 Å². The van der Waals surface area contributed by atoms with Crippen molar-refractivity contribution in [2.24, 2.45) is 0 Å². The molecule has 0 aliphatic rings. The molecule has 0 saturated carbocycles. The third-order valence-corrected chi connectivity index (χ3v) is 3.03. The Morgan fingerprint density at radius 2 is 2.00 bits per heavy atom. The molecule has 0 fully saturated rings. The molecule has 108 valence electrons. The number of aryl methyl sites for hydroxylation is 1. The molecular formula is C15H17F2NO2. The normalized spacial score (nSPS) is 12.9. The van der Waals surface area contributed by atoms with Crippen LogP contribution in [0.3, 0.4) is 0 Å². The van der Waals surface area contributed by atoms with E-state index in [2.05, 4.69) is 0 Å². The van der Waals surface area contributed by atoms with Crippen molar-refractivity contribution in [1.82, 2.24) is 4.90 Å². The van der Waals surface area contributed by atoms with Crippen molar-refractivity contribution in [3.63, 3.8) is 0 Å². The summed E-state index contributed by atoms with van der Waals surface area (Å²) in [5.41, 5.74) is 0.0916. The number of halogens is 2. The average molecular weight is 281 g/mol. The maximum absolute atomic E-state index is 13.5. The lowest BCUT2D eigenvalue weighted by atomic mass is 10.1. The van der Waals surface area contributed by atoms with Crippen LogP contribution >= 0.6 is 0 Å². The van der Waals surface area contributed by atoms with Gasteiger partial charge in [0, 0.05) is 18.2 Å². The Balaban J connectivity index is 1.98. The largest absolute Gasteiger partial charge is 0.465 e. The molecule has 20 heavy (non-hydrogen) atoms. The summed E-state index contributed by atoms with van der Waals surface area (Å²) in [6.45, 7) is 2.59. The number of benzene rings is 1. The highest BCUT2D eigenvalue weighted by Gasteiger charge is 2.16. The van der Waals surface area contributed by atoms with Gasteiger partial charge in [-0.05, 0) is 32.2 Å². The molecule has 1 aromatic carbocycles. The predicted octanol–water partition coefficient (Wildman–Crippen LogP) is 3.03. The Bertz CT molecular complexity index is 583. The van der Waals surface area contributed by atoms with E-state index in [0.29, 0.717) is 6.54 Å². The van der Waals surface area contributed by atoms with E-state index in [-0.39, 0.29) is 12.1 Å². The number of nitrogens with zero attached hydrogens (tertiary/aromatic N) is 1. The second kappa shape index (κ2) is 6.15. The van der Waals surface area contributed by atoms with Crippen LogP contribution in [0.5, 0.6) is 0 Å². The number of furan rings is 1. The van der Waals surface area contributed by atoms with E-state index in [4.69, 9.17) is 4.42 Å². The van der Waals surface area contributed by atoms with E-state index >= 15 is 0 Å². The van der Waals surface area contributed by atoms with Crippen LogP contribution in [-0.4, -0.2) is 23.6 Å². The van der Waals surface area contributed by atoms with E-state index in [0.717, 1.165) is 23.7 Å². The molecule has 0 saturated heterocycles. The minimum absolute atomic E-state index is 0.0916. The SMILES string of the molecule is Cc1ccc(CN(C)CC(O)c2ccc(F)cc2F)o1. The summed E-state index contributed by atoms with van der Waals surface area (Å²) in [5, 5.41) is 10.0. The average Bonchev–Trinajstić information content (AvgIpc) is 2.74. The van der Waals surface area contributed by atoms with Crippen LogP contribution in [0.15, 0.2) is 34.7 Å². The molecular weight excluding hydrogens is 264 g/mol. The first kappa shape index (κ1) is 14.7. The molecule has 0 aliphatic carbocycles. The first-order valence-electron chi connectivity index (χ1n) is 6.32. The third kappa shape index (κ3) is 3.65. The number of aliphatic hydroxyl groups excluding tert-OH is 1. The fourth-order valence-corrected chi connectivity index (χ4v) is 2.07. The van der Waals surface area contributed by atoms with Crippen LogP contribution in [0.2, 0.25) is 0 Å². The van der Waals surface area contributed by atoms with Crippen LogP contribution in [0, 0.1) is 18.6 Å². The molecule has 1 aromatic heterocycles. The fourth-order valence-electron chi connectivity index (χ4n) is 2.07. The molecule has 0 bridgehead atoms. The standard InChI is InChI=1S/C15H17F2NO2/c1-10-3-5-12(20-10)8-18(2)9-15(19)13-6-4-11(16)7-14(13)17/h3-7,15,19H,8-9H2,1-2H3. The van der Waals surface area contributed by atoms with Crippen molar-refractivity contribution in [3.05, 3.63) is 59.1 Å². The minimum atomic E-state index is -1.02. The van der Waals surface area contributed by atoms with E-state index in [1.54, 1.807) is 7.05 Å². The molecule has 1 heterocycles. The molecule has 0 amide bonds. The Morgan fingerprint density at radius 1 is 1.25 bits per heavy atom. The van der Waals surface area contributed by atoms with E-state index in [9.17, 15) is 13.9 Å². The Morgan fingerprint density at radius 3 is 2.60 bits per heavy atom. The second-order valence-corrected chi connectivity index (χ2v) is 4.89. The molecule has 0 aliphatic heterocycles. The van der Waals surface area contributed by atoms with E-state index < -0.39 is 17.7 Å². The first-order chi connectivity index (χ1) is 9.45. The fraction of sp³-hybridized carbons (Fsp3) is 0.333. The highest BCUT2D eigenvalue weighted by Crippen LogP contribution is 2.19. The lowest BCUT2D eigenvalue weighted by molar-refractivity contribution is 0.117. The highest BCUT2D eigenvalue weighted by molar-refractivity contribution is 5.21. The van der Waals surface area contributed by atoms with Gasteiger partial charge >= 0.3 is 0 Å². The molecule has 1 N–H and O–H groups in total. The van der Waals surface area contributed by atoms with Crippen molar-refractivity contribution < 1.29 is 18.3 Å². The first-order valence-corrected chi connectivity index (χ1v) is 6.32. The van der Waals surface area contributed by atoms with Gasteiger partial charge in [0.1, 0.15) is 23.2 Å². The summed E-state index contributed by atoms with van der Waals surface area (Å²) in [6, 6.07) is 6.89. The van der Waals surface area contributed by atoms with Crippen molar-refractivity contribution >= 4 is 0 Å². The van der Waals surface area contributed by atoms with Crippen molar-refractivity contribution in [3.8, 4) is 0 Å². The van der Waals surface area contributed by atoms with Crippen molar-refractivity contribution in [1.29, 1.82) is 0 Å². The van der Waals surface area contributed by atoms with Crippen LogP contribution in [-0.2, 0) is 6.54 Å². The van der Waals surface area contributed by atoms with Crippen LogP contribution in [0.25, 0.3) is 0 Å². The lowest BCUT2D eigenvalue weighted by Crippen LogP contribution is -2.24. The summed E-state index contributed by atoms with van der Waals surface area (Å²) in [7, 11) is 1.79. The van der Waals surface area contributed by atoms with Crippen molar-refractivity contribution in [2.75, 3.05) is 13.6 Å². The molecule has 3 nitrogen and oxygen atoms in total. The topological polar surface area (TPSA) is 36.6 Å². The molecule has 2 rings (SSSR count). The molecule has 0 radical (unpaired) electrons. The van der Waals surface area contributed by atoms with Crippen LogP contribution in [0.1, 0.15) is 23.2 Å². The minimum Gasteiger partial charge on any atom is -0.465 e. The zero-order valence-corrected chi connectivity index (χ0v) is 11.4. The lowest BCUT2D eigenvalue weighted by Gasteiger charge is -2.20. The highest BCUT2D eigenvalue weighted by atomic mass is 19.1. The molecule has 0 spiro atoms. The van der Waals surface area contributed by atoms with Gasteiger partial charge in [0.15, 0.2) is 0 Å². The maximum atomic E-state index is 13.5. The zero-order chi connectivity index (χ0) is 14.7. The van der Waals surface area contributed by atoms with E-state index in [1.807, 2.05) is 24.0 Å². The van der Waals surface area contributed by atoms with Gasteiger partial charge in [0.05, 0.1) is 12.6 Å². The Kier molecular flexibility index (Phi) is 4.52. The molecule has 5 heteroatoms. The number of likely N-dealkylation sites (N-methyl/N-ethyl adjacent to an activating group) is 1. The summed E-state index contributed by atoms with van der Waals surface area (Å²) < 4.78 is 31.8. The zero-order valence-electron chi connectivity index (χ0n) is 11.4. The summed E-state index contributed by atoms with van der Waals surface area (Å²) in [4.78, 5) is 1.81. The van der Waals surface area contributed by atoms with Gasteiger partial charge in [-0.3, -0.25) is 4.90 Å². The molecule has 1 unspecified atom stereocenters. The van der Waals surface area contributed by atoms with Crippen LogP contribution < -0.4 is 0 Å². The van der Waals surface area contributed by atoms with Gasteiger partial charge < -0.3 is 9.52 Å². The van der Waals surface area contributed by atoms with Gasteiger partial charge in [0.2, 0.25) is 0 Å². The summed E-state index contributed by atoms with van der Waals surface area (Å²) in [6.07, 6.45) is -1.02. The number of hydrogen-bond donors (Lipinski definition) is 1. The van der Waals surface area contributed by atoms with Crippen LogP contribution in [0.4, 0.5) is 8.78 Å². The quantitative estimate of drug-likeness (QED) is 0.915. The second-order valence-electron chi connectivity index (χ2n) is 4.89. The summed E-state index contributed by atoms with van der Waals surface area (Å²) >= 11 is 0. The monoisotopic (exact) mass is 281 g/mol. The van der Waals surface area contributed by atoms with Gasteiger partial charge in [-0.1, -0.05) is 6.07 Å². The van der Waals surface area contributed by atoms with Gasteiger partial charge in [0.25, 0.3) is 0 Å². The third-order valence-electron chi connectivity index (χ3n) is 3.03. The van der Waals surface area contributed by atoms with Gasteiger partial charge in [-0.15, -0.1) is 0 Å². The molecule has 1 atom stereocenters. The Labute approximate surface area is 116 Å². The van der Waals surface area contributed by atoms with E-state index in [1.165, 1.54) is 6.07 Å². The maximum Gasteiger partial charge on any atom is 0.131 e. The number of rotatable bonds is 5. The van der Waals surface area contributed by atoms with Gasteiger partial charge in [-0.25, -0.2) is 8.78 Å². The number of aliphatic hydroxyl groups is 1. The number of hydrogen-bond acceptors (Lipinski definition) is 3. The van der Waals surface area contributed by atoms with Crippen molar-refractivity contribution in [2.45, 2.75) is 19.6 Å². The Hall–Kier alpha value is -1.72.